The molecule has 0 saturated carbocycles. The van der Waals surface area contributed by atoms with Gasteiger partial charge in [-0.1, -0.05) is 46.4 Å². The molecule has 0 atom stereocenters. The van der Waals surface area contributed by atoms with Gasteiger partial charge in [-0.25, -0.2) is 0 Å². The summed E-state index contributed by atoms with van der Waals surface area (Å²) in [6.45, 7) is 3.28. The van der Waals surface area contributed by atoms with Crippen LogP contribution in [0.3, 0.4) is 0 Å². The van der Waals surface area contributed by atoms with Crippen molar-refractivity contribution in [2.75, 3.05) is 33.0 Å². The molecule has 0 aliphatic rings. The second-order valence-corrected chi connectivity index (χ2v) is 8.25. The quantitative estimate of drug-likeness (QED) is 0.233. The van der Waals surface area contributed by atoms with Gasteiger partial charge in [0.15, 0.2) is 11.4 Å². The largest absolute Gasteiger partial charge is 0.490 e. The molecular formula is C21H21Cl4F3N2O5. The number of halogens is 7. The third kappa shape index (κ3) is 9.18. The zero-order valence-corrected chi connectivity index (χ0v) is 21.6. The lowest BCUT2D eigenvalue weighted by molar-refractivity contribution is -0.143. The molecule has 1 aromatic carbocycles. The molecule has 0 aliphatic heterocycles. The minimum absolute atomic E-state index is 0.0498. The first-order valence-electron chi connectivity index (χ1n) is 10.2. The van der Waals surface area contributed by atoms with Gasteiger partial charge in [-0.15, -0.1) is 0 Å². The first-order valence-corrected chi connectivity index (χ1v) is 11.7. The summed E-state index contributed by atoms with van der Waals surface area (Å²) in [5, 5.41) is 0.389. The van der Waals surface area contributed by atoms with Gasteiger partial charge in [0.2, 0.25) is 5.75 Å². The van der Waals surface area contributed by atoms with E-state index in [-0.39, 0.29) is 65.6 Å². The van der Waals surface area contributed by atoms with Gasteiger partial charge in [0.1, 0.15) is 16.8 Å². The Labute approximate surface area is 220 Å². The monoisotopic (exact) mass is 578 g/mol. The Morgan fingerprint density at radius 2 is 1.51 bits per heavy atom. The van der Waals surface area contributed by atoms with Crippen molar-refractivity contribution in [1.82, 2.24) is 9.97 Å². The fourth-order valence-corrected chi connectivity index (χ4v) is 3.23. The summed E-state index contributed by atoms with van der Waals surface area (Å²) in [5.74, 6) is -0.418. The molecule has 0 N–H and O–H groups in total. The predicted octanol–water partition coefficient (Wildman–Crippen LogP) is 7.15. The van der Waals surface area contributed by atoms with Gasteiger partial charge in [0.25, 0.3) is 5.88 Å². The molecule has 0 aliphatic carbocycles. The molecule has 14 heteroatoms. The van der Waals surface area contributed by atoms with E-state index >= 15 is 0 Å². The van der Waals surface area contributed by atoms with Crippen LogP contribution < -0.4 is 23.7 Å². The molecule has 7 nitrogen and oxygen atoms in total. The predicted molar refractivity (Wildman–Crippen MR) is 127 cm³/mol. The molecule has 194 valence electrons. The van der Waals surface area contributed by atoms with E-state index in [4.69, 9.17) is 70.1 Å². The minimum Gasteiger partial charge on any atom is -0.490 e. The van der Waals surface area contributed by atoms with E-state index in [9.17, 15) is 13.2 Å². The van der Waals surface area contributed by atoms with E-state index in [0.717, 1.165) is 0 Å². The zero-order chi connectivity index (χ0) is 26.0. The van der Waals surface area contributed by atoms with Crippen molar-refractivity contribution in [3.8, 4) is 29.1 Å². The number of hydrogen-bond acceptors (Lipinski definition) is 7. The van der Waals surface area contributed by atoms with Crippen molar-refractivity contribution in [3.63, 3.8) is 0 Å². The molecule has 1 aromatic heterocycles. The molecule has 0 radical (unpaired) electrons. The number of benzene rings is 1. The van der Waals surface area contributed by atoms with E-state index in [2.05, 4.69) is 9.97 Å². The smallest absolute Gasteiger partial charge is 0.437 e. The molecule has 0 unspecified atom stereocenters. The van der Waals surface area contributed by atoms with Crippen molar-refractivity contribution in [2.24, 2.45) is 0 Å². The van der Waals surface area contributed by atoms with Gasteiger partial charge < -0.3 is 23.7 Å². The highest BCUT2D eigenvalue weighted by molar-refractivity contribution is 6.55. The van der Waals surface area contributed by atoms with Crippen molar-refractivity contribution >= 4 is 46.4 Å². The fraction of sp³-hybridized carbons (Fsp3) is 0.429. The summed E-state index contributed by atoms with van der Waals surface area (Å²) in [6, 6.07) is 2.52. The Kier molecular flexibility index (Phi) is 11.6. The Morgan fingerprint density at radius 1 is 0.886 bits per heavy atom. The number of hydrogen-bond donors (Lipinski definition) is 0. The van der Waals surface area contributed by atoms with Gasteiger partial charge >= 0.3 is 12.2 Å². The lowest BCUT2D eigenvalue weighted by Gasteiger charge is -2.17. The molecule has 2 rings (SSSR count). The minimum atomic E-state index is -4.80. The van der Waals surface area contributed by atoms with Crippen LogP contribution >= 0.6 is 46.4 Å². The number of alkyl halides is 3. The van der Waals surface area contributed by atoms with Crippen molar-refractivity contribution in [3.05, 3.63) is 38.4 Å². The second-order valence-electron chi connectivity index (χ2n) is 6.42. The van der Waals surface area contributed by atoms with Gasteiger partial charge in [0, 0.05) is 18.6 Å². The summed E-state index contributed by atoms with van der Waals surface area (Å²) in [5.41, 5.74) is -1.28. The third-order valence-corrected chi connectivity index (χ3v) is 4.75. The van der Waals surface area contributed by atoms with Crippen LogP contribution in [0.15, 0.2) is 22.7 Å². The maximum absolute atomic E-state index is 13.5. The van der Waals surface area contributed by atoms with Crippen molar-refractivity contribution in [1.29, 1.82) is 0 Å². The molecular weight excluding hydrogens is 559 g/mol. The van der Waals surface area contributed by atoms with Gasteiger partial charge in [-0.3, -0.25) is 0 Å². The summed E-state index contributed by atoms with van der Waals surface area (Å²) in [6.07, 6.45) is -3.10. The van der Waals surface area contributed by atoms with E-state index in [1.165, 1.54) is 25.1 Å². The van der Waals surface area contributed by atoms with Crippen LogP contribution in [0.4, 0.5) is 13.2 Å². The molecule has 2 aromatic rings. The number of ether oxygens (including phenoxy) is 5. The zero-order valence-electron chi connectivity index (χ0n) is 18.6. The SMILES string of the molecule is CCOc1nc(OCCCOc2c(Cl)cc(OCC=C(Cl)Cl)cc2Cl)c(OCC)c(C(F)(F)F)n1. The molecule has 0 spiro atoms. The average molecular weight is 580 g/mol. The normalized spacial score (nSPS) is 11.1. The molecule has 35 heavy (non-hydrogen) atoms. The van der Waals surface area contributed by atoms with Crippen molar-refractivity contribution < 1.29 is 36.9 Å². The third-order valence-electron chi connectivity index (χ3n) is 3.88. The lowest BCUT2D eigenvalue weighted by atomic mass is 10.3. The summed E-state index contributed by atoms with van der Waals surface area (Å²) < 4.78 is 67.0. The Balaban J connectivity index is 2.03. The second kappa shape index (κ2) is 13.9. The fourth-order valence-electron chi connectivity index (χ4n) is 2.53. The van der Waals surface area contributed by atoms with E-state index < -0.39 is 23.6 Å². The van der Waals surface area contributed by atoms with Crippen LogP contribution in [-0.4, -0.2) is 43.0 Å². The van der Waals surface area contributed by atoms with E-state index in [1.807, 2.05) is 0 Å². The number of rotatable bonds is 13. The summed E-state index contributed by atoms with van der Waals surface area (Å²) in [7, 11) is 0. The van der Waals surface area contributed by atoms with E-state index in [1.54, 1.807) is 6.92 Å². The van der Waals surface area contributed by atoms with Gasteiger partial charge in [-0.05, 0) is 19.9 Å². The van der Waals surface area contributed by atoms with Crippen LogP contribution in [0.25, 0.3) is 0 Å². The Bertz CT molecular complexity index is 998. The molecule has 1 heterocycles. The highest BCUT2D eigenvalue weighted by atomic mass is 35.5. The molecule has 0 fully saturated rings. The standard InChI is InChI=1S/C21H21Cl4F3N2O5/c1-3-31-17-18(21(26,27)28)29-20(32-4-2)30-19(17)35-8-5-7-34-16-13(22)10-12(11-14(16)23)33-9-6-15(24)25/h6,10-11H,3-5,7-9H2,1-2H3. The highest BCUT2D eigenvalue weighted by Crippen LogP contribution is 2.41. The van der Waals surface area contributed by atoms with Crippen LogP contribution in [0, 0.1) is 0 Å². The summed E-state index contributed by atoms with van der Waals surface area (Å²) >= 11 is 23.5. The Morgan fingerprint density at radius 3 is 2.09 bits per heavy atom. The highest BCUT2D eigenvalue weighted by Gasteiger charge is 2.40. The van der Waals surface area contributed by atoms with E-state index in [0.29, 0.717) is 5.75 Å². The molecule has 0 saturated heterocycles. The van der Waals surface area contributed by atoms with Crippen LogP contribution in [0.2, 0.25) is 10.0 Å². The average Bonchev–Trinajstić information content (AvgIpc) is 2.75. The van der Waals surface area contributed by atoms with Crippen molar-refractivity contribution in [2.45, 2.75) is 26.4 Å². The molecule has 0 bridgehead atoms. The number of aromatic nitrogens is 2. The molecule has 0 amide bonds. The number of nitrogens with zero attached hydrogens (tertiary/aromatic N) is 2. The lowest BCUT2D eigenvalue weighted by Crippen LogP contribution is -2.16. The first kappa shape index (κ1) is 29.2. The maximum atomic E-state index is 13.5. The van der Waals surface area contributed by atoms with Crippen LogP contribution in [0.5, 0.6) is 29.1 Å². The van der Waals surface area contributed by atoms with Gasteiger partial charge in [-0.2, -0.15) is 23.1 Å². The first-order chi connectivity index (χ1) is 16.6. The summed E-state index contributed by atoms with van der Waals surface area (Å²) in [4.78, 5) is 7.29. The Hall–Kier alpha value is -2.01. The maximum Gasteiger partial charge on any atom is 0.437 e. The van der Waals surface area contributed by atoms with Crippen LogP contribution in [-0.2, 0) is 6.18 Å². The van der Waals surface area contributed by atoms with Crippen LogP contribution in [0.1, 0.15) is 26.0 Å². The van der Waals surface area contributed by atoms with Gasteiger partial charge in [0.05, 0.1) is 36.5 Å². The topological polar surface area (TPSA) is 71.9 Å².